The van der Waals surface area contributed by atoms with Crippen molar-refractivity contribution in [3.8, 4) is 0 Å². The molecule has 0 aromatic heterocycles. The van der Waals surface area contributed by atoms with E-state index in [0.29, 0.717) is 23.0 Å². The molecule has 0 spiro atoms. The molecule has 0 unspecified atom stereocenters. The van der Waals surface area contributed by atoms with Crippen LogP contribution in [0, 0.1) is 13.5 Å². The van der Waals surface area contributed by atoms with Gasteiger partial charge in [0.25, 0.3) is 0 Å². The number of carbonyl (C=O) groups is 1. The van der Waals surface area contributed by atoms with E-state index in [1.54, 1.807) is 24.0 Å². The lowest BCUT2D eigenvalue weighted by atomic mass is 10.1. The predicted octanol–water partition coefficient (Wildman–Crippen LogP) is 3.54. The summed E-state index contributed by atoms with van der Waals surface area (Å²) in [7, 11) is 0. The Labute approximate surface area is 105 Å². The molecule has 0 bridgehead atoms. The highest BCUT2D eigenvalue weighted by molar-refractivity contribution is 6.34. The Bertz CT molecular complexity index is 522. The molecule has 1 atom stereocenters. The first-order valence-electron chi connectivity index (χ1n) is 5.18. The molecule has 2 rings (SSSR count). The van der Waals surface area contributed by atoms with Gasteiger partial charge in [0.2, 0.25) is 5.69 Å². The van der Waals surface area contributed by atoms with Crippen LogP contribution in [0.3, 0.4) is 0 Å². The summed E-state index contributed by atoms with van der Waals surface area (Å²) in [5.41, 5.74) is 1.83. The number of cyclic esters (lactones) is 1. The third kappa shape index (κ3) is 1.83. The largest absolute Gasteiger partial charge is 0.447 e. The molecule has 1 heterocycles. The Morgan fingerprint density at radius 3 is 2.82 bits per heavy atom. The van der Waals surface area contributed by atoms with Crippen LogP contribution in [0.4, 0.5) is 16.2 Å². The first-order chi connectivity index (χ1) is 8.06. The number of ether oxygens (including phenoxy) is 1. The molecule has 0 radical (unpaired) electrons. The summed E-state index contributed by atoms with van der Waals surface area (Å²) in [5, 5.41) is 0.393. The molecule has 1 aromatic carbocycles. The van der Waals surface area contributed by atoms with Crippen molar-refractivity contribution in [2.24, 2.45) is 0 Å². The second-order valence-corrected chi connectivity index (χ2v) is 4.33. The Morgan fingerprint density at radius 2 is 2.29 bits per heavy atom. The summed E-state index contributed by atoms with van der Waals surface area (Å²) < 4.78 is 4.97. The standard InChI is InChI=1S/C12H11ClN2O2/c1-7-6-17-12(16)15(7)10-5-4-9(14-3)11(13)8(10)2/h4-5,7H,6H2,1-2H3/t7-/m0/s1. The van der Waals surface area contributed by atoms with Crippen LogP contribution in [0.1, 0.15) is 12.5 Å². The number of benzene rings is 1. The first kappa shape index (κ1) is 11.7. The molecule has 1 saturated heterocycles. The highest BCUT2D eigenvalue weighted by atomic mass is 35.5. The first-order valence-corrected chi connectivity index (χ1v) is 5.56. The van der Waals surface area contributed by atoms with Gasteiger partial charge < -0.3 is 4.74 Å². The van der Waals surface area contributed by atoms with E-state index in [9.17, 15) is 4.79 Å². The van der Waals surface area contributed by atoms with E-state index in [1.807, 2.05) is 6.92 Å². The van der Waals surface area contributed by atoms with Gasteiger partial charge >= 0.3 is 6.09 Å². The van der Waals surface area contributed by atoms with Gasteiger partial charge in [0, 0.05) is 5.69 Å². The highest BCUT2D eigenvalue weighted by Gasteiger charge is 2.32. The number of anilines is 1. The Hall–Kier alpha value is -1.73. The van der Waals surface area contributed by atoms with Crippen LogP contribution < -0.4 is 4.90 Å². The fourth-order valence-electron chi connectivity index (χ4n) is 1.86. The van der Waals surface area contributed by atoms with Gasteiger partial charge in [-0.1, -0.05) is 17.7 Å². The molecule has 0 N–H and O–H groups in total. The van der Waals surface area contributed by atoms with Crippen molar-refractivity contribution in [1.82, 2.24) is 0 Å². The zero-order valence-electron chi connectivity index (χ0n) is 9.53. The SMILES string of the molecule is [C-]#[N+]c1ccc(N2C(=O)OC[C@@H]2C)c(C)c1Cl. The summed E-state index contributed by atoms with van der Waals surface area (Å²) in [4.78, 5) is 16.5. The number of amides is 1. The summed E-state index contributed by atoms with van der Waals surface area (Å²) in [6.45, 7) is 11.1. The Morgan fingerprint density at radius 1 is 1.59 bits per heavy atom. The van der Waals surface area contributed by atoms with Gasteiger partial charge in [-0.3, -0.25) is 4.90 Å². The van der Waals surface area contributed by atoms with Crippen LogP contribution in [-0.2, 0) is 4.74 Å². The van der Waals surface area contributed by atoms with Crippen molar-refractivity contribution in [3.63, 3.8) is 0 Å². The molecular weight excluding hydrogens is 240 g/mol. The topological polar surface area (TPSA) is 33.9 Å². The van der Waals surface area contributed by atoms with Crippen LogP contribution in [0.2, 0.25) is 5.02 Å². The lowest BCUT2D eigenvalue weighted by Crippen LogP contribution is -2.31. The number of halogens is 1. The second kappa shape index (κ2) is 4.27. The fourth-order valence-corrected chi connectivity index (χ4v) is 2.06. The zero-order valence-corrected chi connectivity index (χ0v) is 10.3. The summed E-state index contributed by atoms with van der Waals surface area (Å²) in [5.74, 6) is 0. The van der Waals surface area contributed by atoms with Crippen molar-refractivity contribution in [2.75, 3.05) is 11.5 Å². The van der Waals surface area contributed by atoms with E-state index in [-0.39, 0.29) is 12.1 Å². The van der Waals surface area contributed by atoms with E-state index in [2.05, 4.69) is 4.85 Å². The minimum absolute atomic E-state index is 0.0175. The van der Waals surface area contributed by atoms with Crippen LogP contribution in [0.5, 0.6) is 0 Å². The molecule has 1 aliphatic heterocycles. The van der Waals surface area contributed by atoms with Crippen molar-refractivity contribution >= 4 is 29.1 Å². The molecule has 4 nitrogen and oxygen atoms in total. The van der Waals surface area contributed by atoms with E-state index in [0.717, 1.165) is 5.56 Å². The molecule has 1 aromatic rings. The Balaban J connectivity index is 2.51. The number of carbonyl (C=O) groups excluding carboxylic acids is 1. The number of hydrogen-bond acceptors (Lipinski definition) is 2. The lowest BCUT2D eigenvalue weighted by molar-refractivity contribution is 0.179. The number of nitrogens with zero attached hydrogens (tertiary/aromatic N) is 2. The summed E-state index contributed by atoms with van der Waals surface area (Å²) in [6.07, 6.45) is -0.368. The van der Waals surface area contributed by atoms with E-state index in [4.69, 9.17) is 22.9 Å². The second-order valence-electron chi connectivity index (χ2n) is 3.95. The maximum atomic E-state index is 11.6. The summed E-state index contributed by atoms with van der Waals surface area (Å²) >= 11 is 6.08. The average molecular weight is 251 g/mol. The molecular formula is C12H11ClN2O2. The van der Waals surface area contributed by atoms with E-state index >= 15 is 0 Å². The quantitative estimate of drug-likeness (QED) is 0.715. The van der Waals surface area contributed by atoms with Gasteiger partial charge in [-0.2, -0.15) is 0 Å². The van der Waals surface area contributed by atoms with E-state index in [1.165, 1.54) is 0 Å². The van der Waals surface area contributed by atoms with Crippen molar-refractivity contribution < 1.29 is 9.53 Å². The number of rotatable bonds is 1. The predicted molar refractivity (Wildman–Crippen MR) is 65.7 cm³/mol. The molecule has 5 heteroatoms. The summed E-state index contributed by atoms with van der Waals surface area (Å²) in [6, 6.07) is 3.34. The molecule has 0 aliphatic carbocycles. The maximum absolute atomic E-state index is 11.6. The molecule has 1 amide bonds. The van der Waals surface area contributed by atoms with Gasteiger partial charge in [-0.15, -0.1) is 0 Å². The van der Waals surface area contributed by atoms with Crippen molar-refractivity contribution in [2.45, 2.75) is 19.9 Å². The van der Waals surface area contributed by atoms with E-state index < -0.39 is 0 Å². The smallest absolute Gasteiger partial charge is 0.414 e. The Kier molecular flexibility index (Phi) is 2.95. The third-order valence-electron chi connectivity index (χ3n) is 2.80. The molecule has 1 aliphatic rings. The minimum Gasteiger partial charge on any atom is -0.447 e. The lowest BCUT2D eigenvalue weighted by Gasteiger charge is -2.21. The van der Waals surface area contributed by atoms with Crippen molar-refractivity contribution in [1.29, 1.82) is 0 Å². The zero-order chi connectivity index (χ0) is 12.6. The normalized spacial score (nSPS) is 19.1. The van der Waals surface area contributed by atoms with Gasteiger partial charge in [0.05, 0.1) is 17.6 Å². The number of hydrogen-bond donors (Lipinski definition) is 0. The van der Waals surface area contributed by atoms with Crippen LogP contribution in [-0.4, -0.2) is 18.7 Å². The van der Waals surface area contributed by atoms with Crippen molar-refractivity contribution in [3.05, 3.63) is 34.1 Å². The van der Waals surface area contributed by atoms with Crippen LogP contribution in [0.25, 0.3) is 4.85 Å². The highest BCUT2D eigenvalue weighted by Crippen LogP contribution is 2.36. The molecule has 0 saturated carbocycles. The minimum atomic E-state index is -0.368. The van der Waals surface area contributed by atoms with Gasteiger partial charge in [-0.25, -0.2) is 9.64 Å². The molecule has 17 heavy (non-hydrogen) atoms. The molecule has 1 fully saturated rings. The monoisotopic (exact) mass is 250 g/mol. The molecule has 88 valence electrons. The fraction of sp³-hybridized carbons (Fsp3) is 0.333. The average Bonchev–Trinajstić information content (AvgIpc) is 2.63. The van der Waals surface area contributed by atoms with Crippen LogP contribution in [0.15, 0.2) is 12.1 Å². The van der Waals surface area contributed by atoms with Crippen LogP contribution >= 0.6 is 11.6 Å². The maximum Gasteiger partial charge on any atom is 0.414 e. The van der Waals surface area contributed by atoms with Gasteiger partial charge in [0.15, 0.2) is 0 Å². The third-order valence-corrected chi connectivity index (χ3v) is 3.28. The van der Waals surface area contributed by atoms with Gasteiger partial charge in [-0.05, 0) is 25.5 Å². The van der Waals surface area contributed by atoms with Gasteiger partial charge in [0.1, 0.15) is 6.61 Å².